The maximum Gasteiger partial charge on any atom is 0.118 e. The van der Waals surface area contributed by atoms with Crippen molar-refractivity contribution in [2.75, 3.05) is 26.7 Å². The second kappa shape index (κ2) is 9.98. The molecule has 3 nitrogen and oxygen atoms in total. The summed E-state index contributed by atoms with van der Waals surface area (Å²) < 4.78 is 5.40. The number of hydrogen-bond acceptors (Lipinski definition) is 3. The van der Waals surface area contributed by atoms with E-state index in [4.69, 9.17) is 4.74 Å². The van der Waals surface area contributed by atoms with Crippen LogP contribution >= 0.6 is 0 Å². The van der Waals surface area contributed by atoms with Crippen LogP contribution in [0, 0.1) is 5.92 Å². The molecule has 2 atom stereocenters. The quantitative estimate of drug-likeness (QED) is 0.636. The molecule has 0 amide bonds. The number of nitrogens with zero attached hydrogens (tertiary/aromatic N) is 1. The molecule has 162 valence electrons. The highest BCUT2D eigenvalue weighted by Crippen LogP contribution is 2.48. The van der Waals surface area contributed by atoms with E-state index in [0.717, 1.165) is 43.8 Å². The molecule has 2 aliphatic rings. The van der Waals surface area contributed by atoms with Gasteiger partial charge >= 0.3 is 0 Å². The van der Waals surface area contributed by atoms with E-state index in [1.807, 2.05) is 12.1 Å². The third-order valence-corrected chi connectivity index (χ3v) is 7.40. The lowest BCUT2D eigenvalue weighted by molar-refractivity contribution is -0.0710. The monoisotopic (exact) mass is 407 g/mol. The van der Waals surface area contributed by atoms with E-state index in [0.29, 0.717) is 0 Å². The molecule has 30 heavy (non-hydrogen) atoms. The summed E-state index contributed by atoms with van der Waals surface area (Å²) in [6, 6.07) is 18.9. The van der Waals surface area contributed by atoms with Crippen LogP contribution in [0.3, 0.4) is 0 Å². The Labute approximate surface area is 182 Å². The van der Waals surface area contributed by atoms with E-state index in [1.165, 1.54) is 44.1 Å². The number of ether oxygens (including phenoxy) is 1. The van der Waals surface area contributed by atoms with Crippen LogP contribution in [0.4, 0.5) is 0 Å². The van der Waals surface area contributed by atoms with Gasteiger partial charge in [0, 0.05) is 12.5 Å². The van der Waals surface area contributed by atoms with E-state index >= 15 is 0 Å². The average Bonchev–Trinajstić information content (AvgIpc) is 2.84. The number of rotatable bonds is 7. The van der Waals surface area contributed by atoms with Crippen molar-refractivity contribution in [3.05, 3.63) is 65.7 Å². The molecule has 0 radical (unpaired) electrons. The maximum atomic E-state index is 12.6. The Kier molecular flexibility index (Phi) is 7.12. The van der Waals surface area contributed by atoms with Crippen LogP contribution < -0.4 is 4.74 Å². The van der Waals surface area contributed by atoms with E-state index in [1.54, 1.807) is 7.11 Å². The third-order valence-electron chi connectivity index (χ3n) is 7.40. The molecular formula is C27H37NO2. The molecule has 0 bridgehead atoms. The molecule has 1 aliphatic carbocycles. The number of methoxy groups -OCH3 is 1. The van der Waals surface area contributed by atoms with Crippen LogP contribution in [0.15, 0.2) is 54.6 Å². The smallest absolute Gasteiger partial charge is 0.118 e. The van der Waals surface area contributed by atoms with Crippen molar-refractivity contribution in [1.82, 2.24) is 4.90 Å². The molecule has 1 N–H and O–H groups in total. The fourth-order valence-electron chi connectivity index (χ4n) is 5.71. The zero-order chi connectivity index (χ0) is 20.8. The van der Waals surface area contributed by atoms with Crippen molar-refractivity contribution < 1.29 is 9.84 Å². The van der Waals surface area contributed by atoms with Crippen molar-refractivity contribution in [3.63, 3.8) is 0 Å². The van der Waals surface area contributed by atoms with Crippen LogP contribution in [0.25, 0.3) is 0 Å². The van der Waals surface area contributed by atoms with E-state index in [2.05, 4.69) is 47.4 Å². The van der Waals surface area contributed by atoms with Gasteiger partial charge < -0.3 is 14.7 Å². The number of hydrogen-bond donors (Lipinski definition) is 1. The summed E-state index contributed by atoms with van der Waals surface area (Å²) in [6.07, 6.45) is 9.80. The molecule has 1 saturated carbocycles. The van der Waals surface area contributed by atoms with E-state index in [9.17, 15) is 5.11 Å². The van der Waals surface area contributed by atoms with Gasteiger partial charge in [-0.1, -0.05) is 68.1 Å². The Balaban J connectivity index is 1.76. The van der Waals surface area contributed by atoms with Crippen LogP contribution in [0.5, 0.6) is 5.75 Å². The predicted molar refractivity (Wildman–Crippen MR) is 123 cm³/mol. The summed E-state index contributed by atoms with van der Waals surface area (Å²) in [6.45, 7) is 3.21. The van der Waals surface area contributed by atoms with Crippen molar-refractivity contribution in [2.24, 2.45) is 5.92 Å². The van der Waals surface area contributed by atoms with Gasteiger partial charge in [-0.05, 0) is 68.0 Å². The van der Waals surface area contributed by atoms with Gasteiger partial charge in [0.25, 0.3) is 0 Å². The highest BCUT2D eigenvalue weighted by molar-refractivity contribution is 5.36. The molecule has 4 rings (SSSR count). The van der Waals surface area contributed by atoms with Crippen molar-refractivity contribution in [2.45, 2.75) is 62.9 Å². The summed E-state index contributed by atoms with van der Waals surface area (Å²) in [4.78, 5) is 2.58. The first-order valence-electron chi connectivity index (χ1n) is 11.9. The highest BCUT2D eigenvalue weighted by atomic mass is 16.5. The Hall–Kier alpha value is -1.84. The normalized spacial score (nSPS) is 21.7. The predicted octanol–water partition coefficient (Wildman–Crippen LogP) is 5.73. The van der Waals surface area contributed by atoms with Gasteiger partial charge in [-0.3, -0.25) is 0 Å². The lowest BCUT2D eigenvalue weighted by atomic mass is 9.65. The SMILES string of the molecule is COc1ccc(C(O)(C2CCCCC2)C(CN2CCCCC2)c2ccccc2)cc1. The Morgan fingerprint density at radius 3 is 2.17 bits per heavy atom. The van der Waals surface area contributed by atoms with Crippen LogP contribution in [-0.2, 0) is 5.60 Å². The van der Waals surface area contributed by atoms with Gasteiger partial charge in [0.2, 0.25) is 0 Å². The van der Waals surface area contributed by atoms with Crippen molar-refractivity contribution in [3.8, 4) is 5.75 Å². The highest BCUT2D eigenvalue weighted by Gasteiger charge is 2.46. The molecular weight excluding hydrogens is 370 g/mol. The Morgan fingerprint density at radius 2 is 1.53 bits per heavy atom. The number of likely N-dealkylation sites (tertiary alicyclic amines) is 1. The summed E-state index contributed by atoms with van der Waals surface area (Å²) in [5.41, 5.74) is 1.43. The van der Waals surface area contributed by atoms with Gasteiger partial charge in [-0.15, -0.1) is 0 Å². The molecule has 2 aromatic carbocycles. The second-order valence-corrected chi connectivity index (χ2v) is 9.21. The molecule has 2 fully saturated rings. The Morgan fingerprint density at radius 1 is 0.900 bits per heavy atom. The van der Waals surface area contributed by atoms with Gasteiger partial charge in [0.05, 0.1) is 7.11 Å². The van der Waals surface area contributed by atoms with E-state index in [-0.39, 0.29) is 11.8 Å². The van der Waals surface area contributed by atoms with Crippen molar-refractivity contribution >= 4 is 0 Å². The first kappa shape index (κ1) is 21.4. The minimum Gasteiger partial charge on any atom is -0.497 e. The number of benzene rings is 2. The molecule has 1 saturated heterocycles. The number of piperidine rings is 1. The molecule has 0 aromatic heterocycles. The van der Waals surface area contributed by atoms with Crippen LogP contribution in [0.2, 0.25) is 0 Å². The summed E-state index contributed by atoms with van der Waals surface area (Å²) in [7, 11) is 1.70. The standard InChI is InChI=1S/C27H37NO2/c1-30-25-17-15-24(16-18-25)27(29,23-13-7-3-8-14-23)26(22-11-5-2-6-12-22)21-28-19-9-4-10-20-28/h2,5-6,11-12,15-18,23,26,29H,3-4,7-10,13-14,19-21H2,1H3. The average molecular weight is 408 g/mol. The first-order valence-corrected chi connectivity index (χ1v) is 11.9. The molecule has 2 aromatic rings. The number of aliphatic hydroxyl groups is 1. The minimum atomic E-state index is -0.870. The van der Waals surface area contributed by atoms with Gasteiger partial charge in [0.1, 0.15) is 11.4 Å². The molecule has 3 heteroatoms. The van der Waals surface area contributed by atoms with Crippen LogP contribution in [0.1, 0.15) is 68.4 Å². The summed E-state index contributed by atoms with van der Waals surface area (Å²) >= 11 is 0. The Bertz CT molecular complexity index is 763. The molecule has 1 heterocycles. The lowest BCUT2D eigenvalue weighted by Crippen LogP contribution is -2.47. The summed E-state index contributed by atoms with van der Waals surface area (Å²) in [5, 5.41) is 12.6. The fraction of sp³-hybridized carbons (Fsp3) is 0.556. The molecule has 0 spiro atoms. The molecule has 1 aliphatic heterocycles. The maximum absolute atomic E-state index is 12.6. The van der Waals surface area contributed by atoms with Gasteiger partial charge in [0.15, 0.2) is 0 Å². The first-order chi connectivity index (χ1) is 14.7. The lowest BCUT2D eigenvalue weighted by Gasteiger charge is -2.46. The summed E-state index contributed by atoms with van der Waals surface area (Å²) in [5.74, 6) is 1.19. The largest absolute Gasteiger partial charge is 0.497 e. The topological polar surface area (TPSA) is 32.7 Å². The molecule has 2 unspecified atom stereocenters. The fourth-order valence-corrected chi connectivity index (χ4v) is 5.71. The zero-order valence-corrected chi connectivity index (χ0v) is 18.4. The third kappa shape index (κ3) is 4.58. The van der Waals surface area contributed by atoms with Crippen molar-refractivity contribution in [1.29, 1.82) is 0 Å². The van der Waals surface area contributed by atoms with Gasteiger partial charge in [-0.2, -0.15) is 0 Å². The van der Waals surface area contributed by atoms with E-state index < -0.39 is 5.60 Å². The van der Waals surface area contributed by atoms with Crippen LogP contribution in [-0.4, -0.2) is 36.8 Å². The second-order valence-electron chi connectivity index (χ2n) is 9.21. The zero-order valence-electron chi connectivity index (χ0n) is 18.4. The van der Waals surface area contributed by atoms with Gasteiger partial charge in [-0.25, -0.2) is 0 Å². The minimum absolute atomic E-state index is 0.0632.